The van der Waals surface area contributed by atoms with Crippen LogP contribution in [0.2, 0.25) is 0 Å². The first-order valence-electron chi connectivity index (χ1n) is 4.97. The van der Waals surface area contributed by atoms with Gasteiger partial charge in [0.15, 0.2) is 0 Å². The van der Waals surface area contributed by atoms with Gasteiger partial charge in [-0.05, 0) is 35.7 Å². The number of halogens is 1. The zero-order valence-electron chi connectivity index (χ0n) is 8.99. The largest absolute Gasteiger partial charge is 0.399 e. The van der Waals surface area contributed by atoms with Crippen molar-refractivity contribution in [2.24, 2.45) is 5.11 Å². The lowest BCUT2D eigenvalue weighted by atomic mass is 10.0. The van der Waals surface area contributed by atoms with E-state index in [1.165, 1.54) is 6.07 Å². The van der Waals surface area contributed by atoms with Crippen molar-refractivity contribution in [3.8, 4) is 0 Å². The van der Waals surface area contributed by atoms with E-state index in [4.69, 9.17) is 11.3 Å². The minimum Gasteiger partial charge on any atom is -0.399 e. The van der Waals surface area contributed by atoms with E-state index in [-0.39, 0.29) is 24.2 Å². The van der Waals surface area contributed by atoms with Crippen LogP contribution < -0.4 is 5.73 Å². The summed E-state index contributed by atoms with van der Waals surface area (Å²) in [5.41, 5.74) is 13.8. The van der Waals surface area contributed by atoms with E-state index >= 15 is 0 Å². The summed E-state index contributed by atoms with van der Waals surface area (Å²) in [5.74, 6) is -0.582. The second-order valence-electron chi connectivity index (χ2n) is 3.57. The van der Waals surface area contributed by atoms with Crippen LogP contribution in [0.4, 0.5) is 10.1 Å². The number of nitrogens with two attached hydrogens (primary N) is 1. The van der Waals surface area contributed by atoms with Gasteiger partial charge in [0.2, 0.25) is 0 Å². The number of nitrogens with zero attached hydrogens (tertiary/aromatic N) is 3. The van der Waals surface area contributed by atoms with E-state index in [0.717, 1.165) is 12.1 Å². The van der Waals surface area contributed by atoms with Gasteiger partial charge in [-0.3, -0.25) is 0 Å². The Balaban J connectivity index is 2.73. The number of benzene rings is 1. The summed E-state index contributed by atoms with van der Waals surface area (Å²) in [7, 11) is 0. The number of aliphatic hydroxyl groups is 2. The Morgan fingerprint density at radius 3 is 2.71 bits per heavy atom. The van der Waals surface area contributed by atoms with Gasteiger partial charge in [-0.2, -0.15) is 0 Å². The number of nitrogen functional groups attached to an aromatic ring is 1. The fraction of sp³-hybridized carbons (Fsp3) is 0.400. The third-order valence-corrected chi connectivity index (χ3v) is 2.24. The molecular formula is C10H13FN4O2. The summed E-state index contributed by atoms with van der Waals surface area (Å²) in [6.45, 7) is 0.0551. The third kappa shape index (κ3) is 3.92. The summed E-state index contributed by atoms with van der Waals surface area (Å²) >= 11 is 0. The number of hydrogen-bond acceptors (Lipinski definition) is 4. The van der Waals surface area contributed by atoms with Crippen molar-refractivity contribution in [3.05, 3.63) is 40.0 Å². The Morgan fingerprint density at radius 2 is 2.12 bits per heavy atom. The van der Waals surface area contributed by atoms with Gasteiger partial charge in [0.25, 0.3) is 0 Å². The van der Waals surface area contributed by atoms with Gasteiger partial charge in [0, 0.05) is 17.1 Å². The molecule has 17 heavy (non-hydrogen) atoms. The molecule has 1 aromatic carbocycles. The van der Waals surface area contributed by atoms with Crippen molar-refractivity contribution in [3.63, 3.8) is 0 Å². The molecule has 7 heteroatoms. The number of anilines is 1. The van der Waals surface area contributed by atoms with Crippen LogP contribution in [0.25, 0.3) is 10.4 Å². The molecule has 92 valence electrons. The van der Waals surface area contributed by atoms with Crippen LogP contribution in [-0.4, -0.2) is 22.9 Å². The second-order valence-corrected chi connectivity index (χ2v) is 3.57. The summed E-state index contributed by atoms with van der Waals surface area (Å²) in [4.78, 5) is 2.52. The zero-order chi connectivity index (χ0) is 12.8. The van der Waals surface area contributed by atoms with E-state index in [2.05, 4.69) is 10.0 Å². The van der Waals surface area contributed by atoms with Gasteiger partial charge < -0.3 is 15.9 Å². The minimum absolute atomic E-state index is 0.0551. The van der Waals surface area contributed by atoms with E-state index in [0.29, 0.717) is 0 Å². The predicted molar refractivity (Wildman–Crippen MR) is 60.4 cm³/mol. The quantitative estimate of drug-likeness (QED) is 0.313. The molecular weight excluding hydrogens is 227 g/mol. The maximum atomic E-state index is 13.0. The van der Waals surface area contributed by atoms with Crippen LogP contribution in [0.1, 0.15) is 18.1 Å². The van der Waals surface area contributed by atoms with Crippen molar-refractivity contribution < 1.29 is 14.6 Å². The van der Waals surface area contributed by atoms with E-state index in [1.54, 1.807) is 0 Å². The van der Waals surface area contributed by atoms with Crippen molar-refractivity contribution in [2.75, 3.05) is 12.3 Å². The average molecular weight is 240 g/mol. The summed E-state index contributed by atoms with van der Waals surface area (Å²) in [6.07, 6.45) is -2.31. The van der Waals surface area contributed by atoms with E-state index < -0.39 is 18.0 Å². The first-order chi connectivity index (χ1) is 8.04. The highest BCUT2D eigenvalue weighted by atomic mass is 19.1. The molecule has 2 atom stereocenters. The lowest BCUT2D eigenvalue weighted by molar-refractivity contribution is 0.0149. The van der Waals surface area contributed by atoms with E-state index in [9.17, 15) is 14.6 Å². The molecule has 0 spiro atoms. The number of hydrogen-bond donors (Lipinski definition) is 3. The standard InChI is InChI=1S/C10H13FN4O2/c11-7-3-6(4-8(12)5-7)10(17)9(16)1-2-14-15-13/h3-5,9-10,16-17H,1-2,12H2. The molecule has 0 fully saturated rings. The fourth-order valence-electron chi connectivity index (χ4n) is 1.42. The molecule has 0 radical (unpaired) electrons. The normalized spacial score (nSPS) is 13.8. The molecule has 1 aromatic rings. The first-order valence-corrected chi connectivity index (χ1v) is 4.97. The Morgan fingerprint density at radius 1 is 1.41 bits per heavy atom. The lowest BCUT2D eigenvalue weighted by Gasteiger charge is -2.17. The molecule has 1 rings (SSSR count). The van der Waals surface area contributed by atoms with Gasteiger partial charge in [0.05, 0.1) is 6.10 Å². The van der Waals surface area contributed by atoms with Gasteiger partial charge in [-0.15, -0.1) is 0 Å². The number of azide groups is 1. The number of rotatable bonds is 5. The molecule has 0 aliphatic carbocycles. The monoisotopic (exact) mass is 240 g/mol. The van der Waals surface area contributed by atoms with Crippen molar-refractivity contribution in [2.45, 2.75) is 18.6 Å². The lowest BCUT2D eigenvalue weighted by Crippen LogP contribution is -2.19. The minimum atomic E-state index is -1.26. The zero-order valence-corrected chi connectivity index (χ0v) is 8.99. The Hall–Kier alpha value is -1.82. The fourth-order valence-corrected chi connectivity index (χ4v) is 1.42. The van der Waals surface area contributed by atoms with Crippen LogP contribution in [0.3, 0.4) is 0 Å². The maximum Gasteiger partial charge on any atom is 0.125 e. The Bertz CT molecular complexity index is 414. The van der Waals surface area contributed by atoms with Gasteiger partial charge in [-0.1, -0.05) is 5.11 Å². The summed E-state index contributed by atoms with van der Waals surface area (Å²) in [5, 5.41) is 22.5. The molecule has 0 heterocycles. The number of aliphatic hydroxyl groups excluding tert-OH is 2. The van der Waals surface area contributed by atoms with Gasteiger partial charge in [-0.25, -0.2) is 4.39 Å². The van der Waals surface area contributed by atoms with Crippen LogP contribution in [0.5, 0.6) is 0 Å². The Kier molecular flexibility index (Phi) is 4.71. The topological polar surface area (TPSA) is 115 Å². The molecule has 0 saturated heterocycles. The SMILES string of the molecule is [N-]=[N+]=NCCC(O)C(O)c1cc(N)cc(F)c1. The highest BCUT2D eigenvalue weighted by molar-refractivity contribution is 5.42. The molecule has 6 nitrogen and oxygen atoms in total. The van der Waals surface area contributed by atoms with Crippen molar-refractivity contribution in [1.82, 2.24) is 0 Å². The average Bonchev–Trinajstić information content (AvgIpc) is 2.27. The molecule has 0 aromatic heterocycles. The summed E-state index contributed by atoms with van der Waals surface area (Å²) in [6, 6.07) is 3.59. The molecule has 2 unspecified atom stereocenters. The second kappa shape index (κ2) is 6.05. The predicted octanol–water partition coefficient (Wildman–Crippen LogP) is 1.50. The smallest absolute Gasteiger partial charge is 0.125 e. The van der Waals surface area contributed by atoms with Crippen LogP contribution in [-0.2, 0) is 0 Å². The van der Waals surface area contributed by atoms with Crippen LogP contribution in [0, 0.1) is 5.82 Å². The molecule has 0 saturated carbocycles. The van der Waals surface area contributed by atoms with Crippen LogP contribution in [0.15, 0.2) is 23.3 Å². The first kappa shape index (κ1) is 13.2. The maximum absolute atomic E-state index is 13.0. The molecule has 0 aliphatic rings. The molecule has 0 bridgehead atoms. The molecule has 0 amide bonds. The van der Waals surface area contributed by atoms with Crippen molar-refractivity contribution in [1.29, 1.82) is 0 Å². The summed E-state index contributed by atoms with van der Waals surface area (Å²) < 4.78 is 13.0. The molecule has 0 aliphatic heterocycles. The molecule has 4 N–H and O–H groups in total. The van der Waals surface area contributed by atoms with Gasteiger partial charge >= 0.3 is 0 Å². The highest BCUT2D eigenvalue weighted by Gasteiger charge is 2.18. The van der Waals surface area contributed by atoms with Crippen molar-refractivity contribution >= 4 is 5.69 Å². The Labute approximate surface area is 97.1 Å². The van der Waals surface area contributed by atoms with E-state index in [1.807, 2.05) is 0 Å². The van der Waals surface area contributed by atoms with Gasteiger partial charge in [0.1, 0.15) is 11.9 Å². The highest BCUT2D eigenvalue weighted by Crippen LogP contribution is 2.22. The van der Waals surface area contributed by atoms with Crippen LogP contribution >= 0.6 is 0 Å². The third-order valence-electron chi connectivity index (χ3n) is 2.24.